The maximum Gasteiger partial charge on any atom is 2.00 e. The predicted molar refractivity (Wildman–Crippen MR) is 332 cm³/mol. The monoisotopic (exact) mass is 1220 g/mol. The fraction of sp³-hybridized carbons (Fsp3) is 0.706. The van der Waals surface area contributed by atoms with Gasteiger partial charge in [-0.25, -0.2) is 16.8 Å². The Hall–Kier alpha value is -1.21. The standard InChI is InChI=1S/2C34H56O3S.Ba/c2*1-3-5-7-9-11-13-15-17-19-21-25-30-29-34(38(35,36)37)33(32-27-24-23-26-31(30)32)28-22-20-18-16-14-12-10-8-6-4-2;/h2*23-24,26-27,29H,3-22,25,28H2,1-2H3,(H,35,36,37);/q;;+2/p-2. The van der Waals surface area contributed by atoms with Gasteiger partial charge in [0.2, 0.25) is 0 Å². The van der Waals surface area contributed by atoms with E-state index in [9.17, 15) is 25.9 Å². The van der Waals surface area contributed by atoms with Crippen LogP contribution in [0.1, 0.15) is 307 Å². The van der Waals surface area contributed by atoms with Crippen molar-refractivity contribution >= 4 is 90.7 Å². The molecular weight excluding hydrogens is 1110 g/mol. The van der Waals surface area contributed by atoms with Crippen molar-refractivity contribution in [1.82, 2.24) is 0 Å². The smallest absolute Gasteiger partial charge is 0.744 e. The summed E-state index contributed by atoms with van der Waals surface area (Å²) in [4.78, 5) is 0.0448. The van der Waals surface area contributed by atoms with Gasteiger partial charge in [0.25, 0.3) is 0 Å². The zero-order chi connectivity index (χ0) is 55.0. The quantitative estimate of drug-likeness (QED) is 0.0247. The first kappa shape index (κ1) is 71.9. The molecule has 0 fully saturated rings. The Morgan fingerprint density at radius 2 is 0.481 bits per heavy atom. The van der Waals surface area contributed by atoms with Gasteiger partial charge in [-0.2, -0.15) is 0 Å². The largest absolute Gasteiger partial charge is 2.00 e. The molecule has 0 aliphatic carbocycles. The van der Waals surface area contributed by atoms with Gasteiger partial charge in [-0.1, -0.05) is 307 Å². The summed E-state index contributed by atoms with van der Waals surface area (Å²) in [6.45, 7) is 9.01. The molecule has 6 nitrogen and oxygen atoms in total. The van der Waals surface area contributed by atoms with E-state index in [2.05, 4.69) is 39.8 Å². The van der Waals surface area contributed by atoms with Gasteiger partial charge in [0.1, 0.15) is 20.2 Å². The third kappa shape index (κ3) is 31.2. The number of aryl methyl sites for hydroxylation is 4. The van der Waals surface area contributed by atoms with E-state index in [4.69, 9.17) is 0 Å². The number of fused-ring (bicyclic) bond motifs is 2. The van der Waals surface area contributed by atoms with Gasteiger partial charge < -0.3 is 9.11 Å². The Morgan fingerprint density at radius 3 is 0.701 bits per heavy atom. The number of unbranched alkanes of at least 4 members (excludes halogenated alkanes) is 36. The summed E-state index contributed by atoms with van der Waals surface area (Å²) >= 11 is 0. The van der Waals surface area contributed by atoms with Crippen LogP contribution in [0, 0.1) is 0 Å². The van der Waals surface area contributed by atoms with Crippen LogP contribution in [-0.4, -0.2) is 74.8 Å². The maximum absolute atomic E-state index is 12.3. The molecular formula is C68H110BaO6S2. The summed E-state index contributed by atoms with van der Waals surface area (Å²) in [5.41, 5.74) is 3.51. The summed E-state index contributed by atoms with van der Waals surface area (Å²) in [7, 11) is -9.02. The van der Waals surface area contributed by atoms with E-state index in [1.807, 2.05) is 36.4 Å². The number of rotatable bonds is 46. The molecule has 4 aromatic carbocycles. The Morgan fingerprint density at radius 1 is 0.286 bits per heavy atom. The fourth-order valence-corrected chi connectivity index (χ4v) is 13.1. The second kappa shape index (κ2) is 45.3. The Balaban J connectivity index is 0.000000520. The van der Waals surface area contributed by atoms with Crippen molar-refractivity contribution in [2.24, 2.45) is 0 Å². The van der Waals surface area contributed by atoms with Crippen molar-refractivity contribution in [1.29, 1.82) is 0 Å². The average molecular weight is 1230 g/mol. The summed E-state index contributed by atoms with van der Waals surface area (Å²) < 4.78 is 73.9. The van der Waals surface area contributed by atoms with Crippen LogP contribution in [0.2, 0.25) is 0 Å². The molecule has 4 rings (SSSR count). The first-order chi connectivity index (χ1) is 37.0. The Kier molecular flexibility index (Phi) is 42.3. The molecule has 77 heavy (non-hydrogen) atoms. The summed E-state index contributed by atoms with van der Waals surface area (Å²) in [6.07, 6.45) is 53.2. The summed E-state index contributed by atoms with van der Waals surface area (Å²) in [5, 5.41) is 4.17. The molecule has 0 saturated heterocycles. The van der Waals surface area contributed by atoms with Crippen LogP contribution in [0.3, 0.4) is 0 Å². The van der Waals surface area contributed by atoms with Crippen LogP contribution in [0.5, 0.6) is 0 Å². The van der Waals surface area contributed by atoms with Crippen molar-refractivity contribution < 1.29 is 25.9 Å². The SMILES string of the molecule is CCCCCCCCCCCCc1cc(S(=O)(=O)[O-])c(CCCCCCCCCCCC)c2ccccc12.CCCCCCCCCCCCc1cc(S(=O)(=O)[O-])c(CCCCCCCCCCCC)c2ccccc12.[Ba+2]. The van der Waals surface area contributed by atoms with E-state index in [-0.39, 0.29) is 58.7 Å². The van der Waals surface area contributed by atoms with Crippen LogP contribution in [0.4, 0.5) is 0 Å². The molecule has 9 heteroatoms. The molecule has 0 bridgehead atoms. The van der Waals surface area contributed by atoms with E-state index < -0.39 is 20.2 Å². The summed E-state index contributed by atoms with van der Waals surface area (Å²) in [5.74, 6) is 0. The molecule has 0 aromatic heterocycles. The molecule has 4 aromatic rings. The van der Waals surface area contributed by atoms with Crippen molar-refractivity contribution in [2.45, 2.75) is 320 Å². The van der Waals surface area contributed by atoms with Crippen molar-refractivity contribution in [3.8, 4) is 0 Å². The van der Waals surface area contributed by atoms with Crippen LogP contribution < -0.4 is 0 Å². The zero-order valence-corrected chi connectivity index (χ0v) is 55.9. The third-order valence-corrected chi connectivity index (χ3v) is 17.9. The van der Waals surface area contributed by atoms with Crippen LogP contribution in [0.15, 0.2) is 70.5 Å². The molecule has 0 aliphatic heterocycles. The van der Waals surface area contributed by atoms with E-state index in [1.54, 1.807) is 12.1 Å². The van der Waals surface area contributed by atoms with Gasteiger partial charge >= 0.3 is 48.9 Å². The van der Waals surface area contributed by atoms with Gasteiger partial charge in [-0.3, -0.25) is 0 Å². The normalized spacial score (nSPS) is 11.8. The van der Waals surface area contributed by atoms with E-state index in [1.165, 1.54) is 205 Å². The maximum atomic E-state index is 12.3. The van der Waals surface area contributed by atoms with Crippen LogP contribution in [0.25, 0.3) is 21.5 Å². The minimum atomic E-state index is -4.51. The van der Waals surface area contributed by atoms with E-state index in [0.29, 0.717) is 12.8 Å². The van der Waals surface area contributed by atoms with Crippen molar-refractivity contribution in [3.63, 3.8) is 0 Å². The number of hydrogen-bond donors (Lipinski definition) is 0. The first-order valence-corrected chi connectivity index (χ1v) is 34.8. The minimum Gasteiger partial charge on any atom is -0.744 e. The first-order valence-electron chi connectivity index (χ1n) is 32.0. The summed E-state index contributed by atoms with van der Waals surface area (Å²) in [6, 6.07) is 19.6. The predicted octanol–water partition coefficient (Wildman–Crippen LogP) is 21.0. The van der Waals surface area contributed by atoms with Gasteiger partial charge in [-0.05, 0) is 107 Å². The van der Waals surface area contributed by atoms with Crippen LogP contribution in [-0.2, 0) is 45.9 Å². The number of hydrogen-bond acceptors (Lipinski definition) is 6. The molecule has 0 saturated carbocycles. The second-order valence-electron chi connectivity index (χ2n) is 22.8. The van der Waals surface area contributed by atoms with Gasteiger partial charge in [0.05, 0.1) is 9.79 Å². The van der Waals surface area contributed by atoms with E-state index in [0.717, 1.165) is 108 Å². The van der Waals surface area contributed by atoms with Crippen molar-refractivity contribution in [3.05, 3.63) is 82.9 Å². The zero-order valence-electron chi connectivity index (χ0n) is 49.9. The molecule has 0 radical (unpaired) electrons. The molecule has 0 spiro atoms. The number of benzene rings is 4. The molecule has 0 heterocycles. The van der Waals surface area contributed by atoms with Gasteiger partial charge in [-0.15, -0.1) is 0 Å². The second-order valence-corrected chi connectivity index (χ2v) is 25.4. The molecule has 432 valence electrons. The topological polar surface area (TPSA) is 114 Å². The fourth-order valence-electron chi connectivity index (χ4n) is 11.5. The van der Waals surface area contributed by atoms with E-state index >= 15 is 0 Å². The van der Waals surface area contributed by atoms with Crippen LogP contribution >= 0.6 is 0 Å². The van der Waals surface area contributed by atoms with Crippen molar-refractivity contribution in [2.75, 3.05) is 0 Å². The molecule has 0 aliphatic rings. The molecule has 0 atom stereocenters. The molecule has 0 N–H and O–H groups in total. The Bertz CT molecular complexity index is 2160. The molecule has 0 amide bonds. The average Bonchev–Trinajstić information content (AvgIpc) is 3.42. The van der Waals surface area contributed by atoms with Gasteiger partial charge in [0, 0.05) is 0 Å². The molecule has 0 unspecified atom stereocenters. The van der Waals surface area contributed by atoms with Gasteiger partial charge in [0.15, 0.2) is 0 Å². The third-order valence-electron chi connectivity index (χ3n) is 16.1. The minimum absolute atomic E-state index is 0. The Labute approximate surface area is 514 Å².